The van der Waals surface area contributed by atoms with Crippen molar-refractivity contribution in [1.82, 2.24) is 0 Å². The van der Waals surface area contributed by atoms with Crippen molar-refractivity contribution in [2.45, 2.75) is 20.8 Å². The lowest BCUT2D eigenvalue weighted by molar-refractivity contribution is 0.335. The van der Waals surface area contributed by atoms with E-state index in [4.69, 9.17) is 22.7 Å². The summed E-state index contributed by atoms with van der Waals surface area (Å²) in [5, 5.41) is 3.23. The van der Waals surface area contributed by atoms with Gasteiger partial charge in [-0.25, -0.2) is 0 Å². The molecule has 0 aliphatic rings. The highest BCUT2D eigenvalue weighted by Crippen LogP contribution is 2.31. The van der Waals surface area contributed by atoms with Gasteiger partial charge in [0, 0.05) is 5.69 Å². The van der Waals surface area contributed by atoms with Crippen LogP contribution in [0.4, 0.5) is 5.69 Å². The fourth-order valence-electron chi connectivity index (χ4n) is 2.41. The Bertz CT molecular complexity index is 645. The highest BCUT2D eigenvalue weighted by molar-refractivity contribution is 7.80. The minimum absolute atomic E-state index is 0.270. The van der Waals surface area contributed by atoms with Crippen LogP contribution >= 0.6 is 12.2 Å². The summed E-state index contributed by atoms with van der Waals surface area (Å²) in [6.07, 6.45) is 0. The normalized spacial score (nSPS) is 10.2. The molecule has 0 atom stereocenters. The molecular formula is C17H20N2OS. The van der Waals surface area contributed by atoms with Crippen LogP contribution in [-0.4, -0.2) is 11.7 Å². The van der Waals surface area contributed by atoms with Gasteiger partial charge in [0.05, 0.1) is 6.61 Å². The summed E-state index contributed by atoms with van der Waals surface area (Å²) < 4.78 is 5.69. The summed E-state index contributed by atoms with van der Waals surface area (Å²) >= 11 is 4.88. The average Bonchev–Trinajstić information content (AvgIpc) is 2.42. The van der Waals surface area contributed by atoms with E-state index in [0.29, 0.717) is 6.61 Å². The van der Waals surface area contributed by atoms with E-state index in [1.54, 1.807) is 0 Å². The lowest BCUT2D eigenvalue weighted by Gasteiger charge is -2.14. The summed E-state index contributed by atoms with van der Waals surface area (Å²) in [5.41, 5.74) is 11.0. The smallest absolute Gasteiger partial charge is 0.168 e. The Kier molecular flexibility index (Phi) is 4.81. The first-order chi connectivity index (χ1) is 10.0. The molecule has 0 saturated carbocycles. The van der Waals surface area contributed by atoms with Gasteiger partial charge in [-0.2, -0.15) is 0 Å². The minimum Gasteiger partial charge on any atom is -0.493 e. The SMILES string of the molecule is CCOc1c(C)cc(-c2cccc(NC(N)=S)c2)cc1C. The van der Waals surface area contributed by atoms with Crippen LogP contribution in [0.3, 0.4) is 0 Å². The fraction of sp³-hybridized carbons (Fsp3) is 0.235. The van der Waals surface area contributed by atoms with Gasteiger partial charge in [0.15, 0.2) is 5.11 Å². The lowest BCUT2D eigenvalue weighted by atomic mass is 9.99. The Balaban J connectivity index is 2.40. The molecule has 0 spiro atoms. The molecule has 3 nitrogen and oxygen atoms in total. The minimum atomic E-state index is 0.270. The van der Waals surface area contributed by atoms with Crippen LogP contribution in [0.5, 0.6) is 5.75 Å². The van der Waals surface area contributed by atoms with Crippen molar-refractivity contribution >= 4 is 23.0 Å². The molecule has 2 rings (SSSR count). The molecule has 0 fully saturated rings. The Morgan fingerprint density at radius 1 is 1.14 bits per heavy atom. The maximum atomic E-state index is 5.69. The molecule has 2 aromatic rings. The molecule has 110 valence electrons. The third-order valence-corrected chi connectivity index (χ3v) is 3.31. The summed E-state index contributed by atoms with van der Waals surface area (Å²) in [5.74, 6) is 0.971. The summed E-state index contributed by atoms with van der Waals surface area (Å²) in [6, 6.07) is 12.3. The summed E-state index contributed by atoms with van der Waals surface area (Å²) in [7, 11) is 0. The molecular weight excluding hydrogens is 280 g/mol. The van der Waals surface area contributed by atoms with Crippen molar-refractivity contribution in [3.8, 4) is 16.9 Å². The van der Waals surface area contributed by atoms with Crippen LogP contribution in [0.1, 0.15) is 18.1 Å². The molecule has 0 radical (unpaired) electrons. The number of anilines is 1. The van der Waals surface area contributed by atoms with Crippen LogP contribution in [0, 0.1) is 13.8 Å². The van der Waals surface area contributed by atoms with Crippen molar-refractivity contribution < 1.29 is 4.74 Å². The highest BCUT2D eigenvalue weighted by atomic mass is 32.1. The Hall–Kier alpha value is -2.07. The van der Waals surface area contributed by atoms with E-state index in [9.17, 15) is 0 Å². The largest absolute Gasteiger partial charge is 0.493 e. The predicted molar refractivity (Wildman–Crippen MR) is 92.9 cm³/mol. The molecule has 0 saturated heterocycles. The zero-order chi connectivity index (χ0) is 15.4. The third-order valence-electron chi connectivity index (χ3n) is 3.21. The lowest BCUT2D eigenvalue weighted by Crippen LogP contribution is -2.18. The molecule has 21 heavy (non-hydrogen) atoms. The second-order valence-corrected chi connectivity index (χ2v) is 5.38. The number of ether oxygens (including phenoxy) is 1. The number of nitrogens with one attached hydrogen (secondary N) is 1. The van der Waals surface area contributed by atoms with E-state index in [0.717, 1.165) is 33.7 Å². The van der Waals surface area contributed by atoms with Crippen molar-refractivity contribution in [3.63, 3.8) is 0 Å². The van der Waals surface area contributed by atoms with Gasteiger partial charge in [-0.05, 0) is 79.5 Å². The fourth-order valence-corrected chi connectivity index (χ4v) is 2.53. The molecule has 4 heteroatoms. The Morgan fingerprint density at radius 3 is 2.38 bits per heavy atom. The molecule has 0 aliphatic heterocycles. The van der Waals surface area contributed by atoms with Gasteiger partial charge < -0.3 is 15.8 Å². The van der Waals surface area contributed by atoms with E-state index < -0.39 is 0 Å². The van der Waals surface area contributed by atoms with Gasteiger partial charge in [-0.15, -0.1) is 0 Å². The number of rotatable bonds is 4. The number of nitrogens with two attached hydrogens (primary N) is 1. The second-order valence-electron chi connectivity index (χ2n) is 4.94. The van der Waals surface area contributed by atoms with E-state index in [-0.39, 0.29) is 5.11 Å². The van der Waals surface area contributed by atoms with Crippen molar-refractivity contribution in [1.29, 1.82) is 0 Å². The summed E-state index contributed by atoms with van der Waals surface area (Å²) in [4.78, 5) is 0. The van der Waals surface area contributed by atoms with Gasteiger partial charge >= 0.3 is 0 Å². The van der Waals surface area contributed by atoms with E-state index in [2.05, 4.69) is 37.4 Å². The summed E-state index contributed by atoms with van der Waals surface area (Å²) in [6.45, 7) is 6.81. The molecule has 0 bridgehead atoms. The van der Waals surface area contributed by atoms with Crippen LogP contribution in [0.15, 0.2) is 36.4 Å². The Labute approximate surface area is 131 Å². The number of hydrogen-bond acceptors (Lipinski definition) is 2. The molecule has 0 heterocycles. The predicted octanol–water partition coefficient (Wildman–Crippen LogP) is 4.02. The molecule has 3 N–H and O–H groups in total. The molecule has 0 unspecified atom stereocenters. The van der Waals surface area contributed by atoms with Crippen molar-refractivity contribution in [2.24, 2.45) is 5.73 Å². The van der Waals surface area contributed by atoms with Gasteiger partial charge in [0.25, 0.3) is 0 Å². The van der Waals surface area contributed by atoms with Crippen molar-refractivity contribution in [2.75, 3.05) is 11.9 Å². The number of thiocarbonyl (C=S) groups is 1. The average molecular weight is 300 g/mol. The van der Waals surface area contributed by atoms with Crippen LogP contribution < -0.4 is 15.8 Å². The third kappa shape index (κ3) is 3.73. The van der Waals surface area contributed by atoms with Crippen LogP contribution in [0.25, 0.3) is 11.1 Å². The molecule has 0 amide bonds. The number of aryl methyl sites for hydroxylation is 2. The molecule has 2 aromatic carbocycles. The van der Waals surface area contributed by atoms with E-state index in [1.165, 1.54) is 0 Å². The first-order valence-electron chi connectivity index (χ1n) is 6.92. The van der Waals surface area contributed by atoms with E-state index >= 15 is 0 Å². The molecule has 0 aliphatic carbocycles. The first kappa shape index (κ1) is 15.3. The topological polar surface area (TPSA) is 47.3 Å². The second kappa shape index (κ2) is 6.59. The van der Waals surface area contributed by atoms with Gasteiger partial charge in [0.2, 0.25) is 0 Å². The van der Waals surface area contributed by atoms with Gasteiger partial charge in [-0.1, -0.05) is 12.1 Å². The zero-order valence-corrected chi connectivity index (χ0v) is 13.4. The quantitative estimate of drug-likeness (QED) is 0.837. The van der Waals surface area contributed by atoms with Gasteiger partial charge in [0.1, 0.15) is 5.75 Å². The van der Waals surface area contributed by atoms with E-state index in [1.807, 2.05) is 25.1 Å². The van der Waals surface area contributed by atoms with Crippen molar-refractivity contribution in [3.05, 3.63) is 47.5 Å². The Morgan fingerprint density at radius 2 is 1.81 bits per heavy atom. The standard InChI is InChI=1S/C17H20N2OS/c1-4-20-16-11(2)8-14(9-12(16)3)13-6-5-7-15(10-13)19-17(18)21/h5-10H,4H2,1-3H3,(H3,18,19,21). The maximum absolute atomic E-state index is 5.69. The monoisotopic (exact) mass is 300 g/mol. The zero-order valence-electron chi connectivity index (χ0n) is 12.6. The van der Waals surface area contributed by atoms with Crippen LogP contribution in [0.2, 0.25) is 0 Å². The first-order valence-corrected chi connectivity index (χ1v) is 7.33. The number of hydrogen-bond donors (Lipinski definition) is 2. The molecule has 0 aromatic heterocycles. The number of benzene rings is 2. The maximum Gasteiger partial charge on any atom is 0.168 e. The van der Waals surface area contributed by atoms with Gasteiger partial charge in [-0.3, -0.25) is 0 Å². The highest BCUT2D eigenvalue weighted by Gasteiger charge is 2.08. The van der Waals surface area contributed by atoms with Crippen LogP contribution in [-0.2, 0) is 0 Å².